The maximum Gasteiger partial charge on any atom is 0.0458 e. The third-order valence-corrected chi connectivity index (χ3v) is 4.41. The van der Waals surface area contributed by atoms with E-state index in [2.05, 4.69) is 36.2 Å². The number of aromatic nitrogens is 1. The fourth-order valence-corrected chi connectivity index (χ4v) is 3.38. The van der Waals surface area contributed by atoms with Crippen LogP contribution in [0.4, 0.5) is 0 Å². The van der Waals surface area contributed by atoms with Gasteiger partial charge in [-0.2, -0.15) is 0 Å². The summed E-state index contributed by atoms with van der Waals surface area (Å²) < 4.78 is 0. The molecule has 1 aliphatic carbocycles. The van der Waals surface area contributed by atoms with Crippen molar-refractivity contribution in [1.29, 1.82) is 0 Å². The molecule has 1 N–H and O–H groups in total. The highest BCUT2D eigenvalue weighted by atomic mass is 14.7. The van der Waals surface area contributed by atoms with Gasteiger partial charge in [-0.05, 0) is 36.8 Å². The smallest absolute Gasteiger partial charge is 0.0458 e. The normalized spacial score (nSPS) is 19.1. The molecule has 96 valence electrons. The van der Waals surface area contributed by atoms with E-state index in [9.17, 15) is 0 Å². The fourth-order valence-electron chi connectivity index (χ4n) is 3.38. The van der Waals surface area contributed by atoms with Crippen LogP contribution in [0.5, 0.6) is 0 Å². The van der Waals surface area contributed by atoms with Gasteiger partial charge in [-0.15, -0.1) is 0 Å². The summed E-state index contributed by atoms with van der Waals surface area (Å²) in [5.41, 5.74) is 4.44. The molecule has 1 aromatic carbocycles. The number of hydrogen-bond donors (Lipinski definition) is 1. The Labute approximate surface area is 110 Å². The van der Waals surface area contributed by atoms with E-state index in [1.807, 2.05) is 0 Å². The lowest BCUT2D eigenvalue weighted by atomic mass is 9.84. The Balaban J connectivity index is 1.76. The van der Waals surface area contributed by atoms with Crippen LogP contribution in [0.3, 0.4) is 0 Å². The molecule has 0 saturated carbocycles. The van der Waals surface area contributed by atoms with Gasteiger partial charge in [0.25, 0.3) is 0 Å². The van der Waals surface area contributed by atoms with Crippen LogP contribution in [0.1, 0.15) is 50.3 Å². The van der Waals surface area contributed by atoms with Crippen molar-refractivity contribution in [3.8, 4) is 0 Å². The third kappa shape index (κ3) is 2.19. The zero-order valence-corrected chi connectivity index (χ0v) is 11.3. The van der Waals surface area contributed by atoms with Crippen LogP contribution in [0.15, 0.2) is 24.3 Å². The van der Waals surface area contributed by atoms with Gasteiger partial charge in [0, 0.05) is 16.6 Å². The van der Waals surface area contributed by atoms with Crippen molar-refractivity contribution < 1.29 is 0 Å². The minimum absolute atomic E-state index is 0.914. The Morgan fingerprint density at radius 2 is 2.11 bits per heavy atom. The number of fused-ring (bicyclic) bond motifs is 3. The van der Waals surface area contributed by atoms with E-state index in [0.29, 0.717) is 0 Å². The second kappa shape index (κ2) is 5.17. The Kier molecular flexibility index (Phi) is 3.40. The number of aromatic amines is 1. The summed E-state index contributed by atoms with van der Waals surface area (Å²) >= 11 is 0. The number of nitrogens with one attached hydrogen (secondary N) is 1. The van der Waals surface area contributed by atoms with Gasteiger partial charge in [-0.3, -0.25) is 0 Å². The molecular formula is C17H23N. The van der Waals surface area contributed by atoms with E-state index >= 15 is 0 Å². The lowest BCUT2D eigenvalue weighted by Gasteiger charge is -2.22. The molecule has 0 spiro atoms. The van der Waals surface area contributed by atoms with Crippen molar-refractivity contribution in [1.82, 2.24) is 4.98 Å². The molecular weight excluding hydrogens is 218 g/mol. The number of hydrogen-bond acceptors (Lipinski definition) is 0. The number of H-pyrrole nitrogens is 1. The molecule has 1 heteroatoms. The van der Waals surface area contributed by atoms with E-state index in [1.54, 1.807) is 5.56 Å². The highest BCUT2D eigenvalue weighted by Gasteiger charge is 2.21. The van der Waals surface area contributed by atoms with Gasteiger partial charge >= 0.3 is 0 Å². The van der Waals surface area contributed by atoms with Crippen molar-refractivity contribution in [2.24, 2.45) is 5.92 Å². The first-order valence-corrected chi connectivity index (χ1v) is 7.47. The molecule has 2 aromatic rings. The molecule has 1 aromatic heterocycles. The van der Waals surface area contributed by atoms with Gasteiger partial charge < -0.3 is 4.98 Å². The summed E-state index contributed by atoms with van der Waals surface area (Å²) in [6, 6.07) is 8.76. The fraction of sp³-hybridized carbons (Fsp3) is 0.529. The van der Waals surface area contributed by atoms with E-state index < -0.39 is 0 Å². The van der Waals surface area contributed by atoms with E-state index in [-0.39, 0.29) is 0 Å². The molecule has 1 aliphatic rings. The van der Waals surface area contributed by atoms with Crippen LogP contribution in [0.25, 0.3) is 10.9 Å². The van der Waals surface area contributed by atoms with Crippen LogP contribution in [0.2, 0.25) is 0 Å². The SMILES string of the molecule is CCCCCC1CCc2c([nH]c3ccccc23)C1. The summed E-state index contributed by atoms with van der Waals surface area (Å²) in [5.74, 6) is 0.914. The quantitative estimate of drug-likeness (QED) is 0.736. The van der Waals surface area contributed by atoms with Gasteiger partial charge in [0.15, 0.2) is 0 Å². The Morgan fingerprint density at radius 1 is 1.22 bits per heavy atom. The van der Waals surface area contributed by atoms with Crippen molar-refractivity contribution in [2.45, 2.75) is 51.9 Å². The number of para-hydroxylation sites is 1. The molecule has 1 unspecified atom stereocenters. The zero-order chi connectivity index (χ0) is 12.4. The minimum Gasteiger partial charge on any atom is -0.358 e. The highest BCUT2D eigenvalue weighted by Crippen LogP contribution is 2.33. The first-order chi connectivity index (χ1) is 8.88. The third-order valence-electron chi connectivity index (χ3n) is 4.41. The van der Waals surface area contributed by atoms with Crippen molar-refractivity contribution in [2.75, 3.05) is 0 Å². The monoisotopic (exact) mass is 241 g/mol. The van der Waals surface area contributed by atoms with E-state index in [0.717, 1.165) is 5.92 Å². The summed E-state index contributed by atoms with van der Waals surface area (Å²) in [7, 11) is 0. The molecule has 0 saturated heterocycles. The van der Waals surface area contributed by atoms with Gasteiger partial charge in [0.1, 0.15) is 0 Å². The Morgan fingerprint density at radius 3 is 3.00 bits per heavy atom. The average molecular weight is 241 g/mol. The van der Waals surface area contributed by atoms with Gasteiger partial charge in [0.2, 0.25) is 0 Å². The standard InChI is InChI=1S/C17H23N/c1-2-3-4-7-13-10-11-15-14-8-5-6-9-16(14)18-17(15)12-13/h5-6,8-9,13,18H,2-4,7,10-12H2,1H3. The van der Waals surface area contributed by atoms with Crippen LogP contribution >= 0.6 is 0 Å². The molecule has 0 radical (unpaired) electrons. The molecule has 0 fully saturated rings. The van der Waals surface area contributed by atoms with Crippen molar-refractivity contribution in [3.05, 3.63) is 35.5 Å². The predicted octanol–water partition coefficient (Wildman–Crippen LogP) is 4.85. The van der Waals surface area contributed by atoms with Crippen LogP contribution in [-0.2, 0) is 12.8 Å². The average Bonchev–Trinajstić information content (AvgIpc) is 2.76. The lowest BCUT2D eigenvalue weighted by molar-refractivity contribution is 0.406. The van der Waals surface area contributed by atoms with Crippen LogP contribution in [-0.4, -0.2) is 4.98 Å². The first kappa shape index (κ1) is 11.8. The second-order valence-corrected chi connectivity index (χ2v) is 5.73. The van der Waals surface area contributed by atoms with Gasteiger partial charge in [-0.25, -0.2) is 0 Å². The summed E-state index contributed by atoms with van der Waals surface area (Å²) in [4.78, 5) is 3.64. The maximum absolute atomic E-state index is 3.64. The molecule has 0 amide bonds. The molecule has 1 nitrogen and oxygen atoms in total. The Bertz CT molecular complexity index is 523. The summed E-state index contributed by atoms with van der Waals surface area (Å²) in [5, 5.41) is 1.46. The van der Waals surface area contributed by atoms with Gasteiger partial charge in [0.05, 0.1) is 0 Å². The minimum atomic E-state index is 0.914. The summed E-state index contributed by atoms with van der Waals surface area (Å²) in [6.45, 7) is 2.29. The first-order valence-electron chi connectivity index (χ1n) is 7.47. The number of aryl methyl sites for hydroxylation is 1. The van der Waals surface area contributed by atoms with Gasteiger partial charge in [-0.1, -0.05) is 50.8 Å². The van der Waals surface area contributed by atoms with Crippen LogP contribution < -0.4 is 0 Å². The number of rotatable bonds is 4. The Hall–Kier alpha value is -1.24. The topological polar surface area (TPSA) is 15.8 Å². The van der Waals surface area contributed by atoms with Crippen LogP contribution in [0, 0.1) is 5.92 Å². The number of unbranched alkanes of at least 4 members (excludes halogenated alkanes) is 2. The zero-order valence-electron chi connectivity index (χ0n) is 11.3. The summed E-state index contributed by atoms with van der Waals surface area (Å²) in [6.07, 6.45) is 9.50. The molecule has 1 heterocycles. The molecule has 18 heavy (non-hydrogen) atoms. The van der Waals surface area contributed by atoms with Crippen molar-refractivity contribution >= 4 is 10.9 Å². The molecule has 0 bridgehead atoms. The molecule has 0 aliphatic heterocycles. The van der Waals surface area contributed by atoms with E-state index in [1.165, 1.54) is 61.5 Å². The largest absolute Gasteiger partial charge is 0.358 e. The lowest BCUT2D eigenvalue weighted by Crippen LogP contribution is -2.13. The molecule has 1 atom stereocenters. The van der Waals surface area contributed by atoms with Crippen molar-refractivity contribution in [3.63, 3.8) is 0 Å². The predicted molar refractivity (Wildman–Crippen MR) is 78.0 cm³/mol. The van der Waals surface area contributed by atoms with E-state index in [4.69, 9.17) is 0 Å². The highest BCUT2D eigenvalue weighted by molar-refractivity contribution is 5.84. The maximum atomic E-state index is 3.64. The number of benzene rings is 1. The molecule has 3 rings (SSSR count). The second-order valence-electron chi connectivity index (χ2n) is 5.73.